The Morgan fingerprint density at radius 1 is 1.37 bits per heavy atom. The highest BCUT2D eigenvalue weighted by molar-refractivity contribution is 5.13. The number of hydrogen-bond acceptors (Lipinski definition) is 3. The lowest BCUT2D eigenvalue weighted by Crippen LogP contribution is -2.53. The van der Waals surface area contributed by atoms with Gasteiger partial charge in [-0.05, 0) is 44.9 Å². The van der Waals surface area contributed by atoms with Gasteiger partial charge in [0, 0.05) is 25.0 Å². The van der Waals surface area contributed by atoms with Crippen LogP contribution >= 0.6 is 0 Å². The van der Waals surface area contributed by atoms with Crippen LogP contribution in [0.3, 0.4) is 0 Å². The van der Waals surface area contributed by atoms with Crippen molar-refractivity contribution < 1.29 is 4.74 Å². The molecule has 0 aliphatic heterocycles. The summed E-state index contributed by atoms with van der Waals surface area (Å²) in [5.74, 6) is 0. The van der Waals surface area contributed by atoms with Crippen LogP contribution in [0.5, 0.6) is 0 Å². The molecular weight excluding hydrogens is 236 g/mol. The molecule has 1 aromatic rings. The molecule has 1 aromatic heterocycles. The maximum Gasteiger partial charge on any atom is 0.0837 e. The van der Waals surface area contributed by atoms with Crippen molar-refractivity contribution in [2.75, 3.05) is 13.7 Å². The molecule has 1 aliphatic carbocycles. The normalized spacial score (nSPS) is 20.1. The first-order valence-corrected chi connectivity index (χ1v) is 7.51. The first-order chi connectivity index (χ1) is 9.30. The molecule has 1 aliphatic rings. The summed E-state index contributed by atoms with van der Waals surface area (Å²) in [6.45, 7) is 2.90. The Balaban J connectivity index is 2.12. The fourth-order valence-corrected chi connectivity index (χ4v) is 3.34. The number of aromatic nitrogens is 1. The number of nitrogens with one attached hydrogen (secondary N) is 1. The number of rotatable bonds is 6. The quantitative estimate of drug-likeness (QED) is 0.856. The Bertz CT molecular complexity index is 355. The third-order valence-corrected chi connectivity index (χ3v) is 4.28. The monoisotopic (exact) mass is 262 g/mol. The van der Waals surface area contributed by atoms with Gasteiger partial charge >= 0.3 is 0 Å². The number of nitrogens with zero attached hydrogens (tertiary/aromatic N) is 1. The topological polar surface area (TPSA) is 34.1 Å². The maximum absolute atomic E-state index is 6.21. The van der Waals surface area contributed by atoms with E-state index in [1.807, 2.05) is 18.5 Å². The van der Waals surface area contributed by atoms with Gasteiger partial charge in [0.25, 0.3) is 0 Å². The molecule has 0 saturated heterocycles. The van der Waals surface area contributed by atoms with Gasteiger partial charge in [0.2, 0.25) is 0 Å². The Hall–Kier alpha value is -0.930. The van der Waals surface area contributed by atoms with E-state index < -0.39 is 0 Å². The van der Waals surface area contributed by atoms with E-state index in [1.54, 1.807) is 0 Å². The highest BCUT2D eigenvalue weighted by Gasteiger charge is 2.39. The van der Waals surface area contributed by atoms with Crippen LogP contribution in [-0.4, -0.2) is 30.3 Å². The SMILES string of the molecule is CCOC1(C(Cc2cccnc2)NC)CCCCC1. The summed E-state index contributed by atoms with van der Waals surface area (Å²) in [7, 11) is 2.05. The molecule has 0 bridgehead atoms. The predicted molar refractivity (Wildman–Crippen MR) is 78.2 cm³/mol. The predicted octanol–water partition coefficient (Wildman–Crippen LogP) is 2.95. The average molecular weight is 262 g/mol. The zero-order valence-electron chi connectivity index (χ0n) is 12.2. The Morgan fingerprint density at radius 2 is 2.16 bits per heavy atom. The van der Waals surface area contributed by atoms with E-state index in [4.69, 9.17) is 4.74 Å². The van der Waals surface area contributed by atoms with Crippen LogP contribution in [0, 0.1) is 0 Å². The molecule has 1 unspecified atom stereocenters. The van der Waals surface area contributed by atoms with Crippen molar-refractivity contribution >= 4 is 0 Å². The van der Waals surface area contributed by atoms with Crippen molar-refractivity contribution in [3.05, 3.63) is 30.1 Å². The van der Waals surface area contributed by atoms with Crippen molar-refractivity contribution in [2.45, 2.75) is 57.1 Å². The molecule has 0 radical (unpaired) electrons. The molecule has 106 valence electrons. The van der Waals surface area contributed by atoms with Crippen LogP contribution in [0.2, 0.25) is 0 Å². The largest absolute Gasteiger partial charge is 0.374 e. The van der Waals surface area contributed by atoms with Crippen molar-refractivity contribution in [2.24, 2.45) is 0 Å². The molecule has 0 spiro atoms. The average Bonchev–Trinajstić information content (AvgIpc) is 2.47. The number of hydrogen-bond donors (Lipinski definition) is 1. The highest BCUT2D eigenvalue weighted by atomic mass is 16.5. The molecule has 3 heteroatoms. The zero-order valence-corrected chi connectivity index (χ0v) is 12.2. The summed E-state index contributed by atoms with van der Waals surface area (Å²) in [5.41, 5.74) is 1.30. The molecule has 1 fully saturated rings. The number of pyridine rings is 1. The molecule has 1 N–H and O–H groups in total. The summed E-state index contributed by atoms with van der Waals surface area (Å²) in [6, 6.07) is 4.53. The van der Waals surface area contributed by atoms with E-state index in [2.05, 4.69) is 30.3 Å². The minimum absolute atomic E-state index is 0.0115. The van der Waals surface area contributed by atoms with Crippen LogP contribution in [0.15, 0.2) is 24.5 Å². The van der Waals surface area contributed by atoms with Crippen molar-refractivity contribution in [3.8, 4) is 0 Å². The number of ether oxygens (including phenoxy) is 1. The lowest BCUT2D eigenvalue weighted by molar-refractivity contribution is -0.0883. The van der Waals surface area contributed by atoms with Gasteiger partial charge in [-0.25, -0.2) is 0 Å². The van der Waals surface area contributed by atoms with Gasteiger partial charge in [-0.2, -0.15) is 0 Å². The van der Waals surface area contributed by atoms with Crippen LogP contribution in [-0.2, 0) is 11.2 Å². The van der Waals surface area contributed by atoms with Crippen LogP contribution < -0.4 is 5.32 Å². The van der Waals surface area contributed by atoms with Crippen molar-refractivity contribution in [3.63, 3.8) is 0 Å². The molecule has 2 rings (SSSR count). The minimum Gasteiger partial charge on any atom is -0.374 e. The van der Waals surface area contributed by atoms with Crippen molar-refractivity contribution in [1.29, 1.82) is 0 Å². The second-order valence-electron chi connectivity index (χ2n) is 5.47. The summed E-state index contributed by atoms with van der Waals surface area (Å²) in [4.78, 5) is 4.22. The molecule has 0 aromatic carbocycles. The molecule has 1 atom stereocenters. The van der Waals surface area contributed by atoms with Gasteiger partial charge in [0.05, 0.1) is 5.60 Å². The van der Waals surface area contributed by atoms with Crippen molar-refractivity contribution in [1.82, 2.24) is 10.3 Å². The lowest BCUT2D eigenvalue weighted by atomic mass is 9.77. The van der Waals surface area contributed by atoms with E-state index in [0.29, 0.717) is 6.04 Å². The van der Waals surface area contributed by atoms with Gasteiger partial charge in [-0.15, -0.1) is 0 Å². The maximum atomic E-state index is 6.21. The molecule has 3 nitrogen and oxygen atoms in total. The van der Waals surface area contributed by atoms with Gasteiger partial charge in [-0.1, -0.05) is 25.3 Å². The summed E-state index contributed by atoms with van der Waals surface area (Å²) in [5, 5.41) is 3.49. The minimum atomic E-state index is 0.0115. The van der Waals surface area contributed by atoms with Gasteiger partial charge in [0.1, 0.15) is 0 Å². The second-order valence-corrected chi connectivity index (χ2v) is 5.47. The molecule has 0 amide bonds. The molecule has 1 heterocycles. The standard InChI is InChI=1S/C16H26N2O/c1-3-19-16(9-5-4-6-10-16)15(17-2)12-14-8-7-11-18-13-14/h7-8,11,13,15,17H,3-6,9-10,12H2,1-2H3. The smallest absolute Gasteiger partial charge is 0.0837 e. The van der Waals surface area contributed by atoms with Crippen LogP contribution in [0.4, 0.5) is 0 Å². The third kappa shape index (κ3) is 3.54. The van der Waals surface area contributed by atoms with E-state index in [1.165, 1.54) is 37.7 Å². The second kappa shape index (κ2) is 7.01. The van der Waals surface area contributed by atoms with Gasteiger partial charge < -0.3 is 10.1 Å². The highest BCUT2D eigenvalue weighted by Crippen LogP contribution is 2.35. The third-order valence-electron chi connectivity index (χ3n) is 4.28. The summed E-state index contributed by atoms with van der Waals surface area (Å²) >= 11 is 0. The van der Waals surface area contributed by atoms with Gasteiger partial charge in [-0.3, -0.25) is 4.98 Å². The van der Waals surface area contributed by atoms with E-state index >= 15 is 0 Å². The van der Waals surface area contributed by atoms with E-state index in [0.717, 1.165) is 13.0 Å². The zero-order chi connectivity index (χ0) is 13.6. The van der Waals surface area contributed by atoms with E-state index in [-0.39, 0.29) is 5.60 Å². The number of likely N-dealkylation sites (N-methyl/N-ethyl adjacent to an activating group) is 1. The summed E-state index contributed by atoms with van der Waals surface area (Å²) in [6.07, 6.45) is 11.0. The van der Waals surface area contributed by atoms with Crippen LogP contribution in [0.1, 0.15) is 44.6 Å². The fourth-order valence-electron chi connectivity index (χ4n) is 3.34. The summed E-state index contributed by atoms with van der Waals surface area (Å²) < 4.78 is 6.21. The first kappa shape index (κ1) is 14.5. The Kier molecular flexibility index (Phi) is 5.34. The molecular formula is C16H26N2O. The van der Waals surface area contributed by atoms with Crippen LogP contribution in [0.25, 0.3) is 0 Å². The Labute approximate surface area is 116 Å². The molecule has 1 saturated carbocycles. The first-order valence-electron chi connectivity index (χ1n) is 7.51. The molecule has 19 heavy (non-hydrogen) atoms. The van der Waals surface area contributed by atoms with Gasteiger partial charge in [0.15, 0.2) is 0 Å². The lowest BCUT2D eigenvalue weighted by Gasteiger charge is -2.43. The fraction of sp³-hybridized carbons (Fsp3) is 0.688. The van der Waals surface area contributed by atoms with E-state index in [9.17, 15) is 0 Å². The Morgan fingerprint density at radius 3 is 2.74 bits per heavy atom.